The lowest BCUT2D eigenvalue weighted by Gasteiger charge is -2.37. The van der Waals surface area contributed by atoms with Gasteiger partial charge in [0.05, 0.1) is 0 Å². The second kappa shape index (κ2) is 7.47. The van der Waals surface area contributed by atoms with Gasteiger partial charge in [-0.3, -0.25) is 4.79 Å². The molecule has 0 radical (unpaired) electrons. The van der Waals surface area contributed by atoms with Crippen LogP contribution in [0.4, 0.5) is 5.69 Å². The zero-order valence-electron chi connectivity index (χ0n) is 12.8. The lowest BCUT2D eigenvalue weighted by molar-refractivity contribution is -0.142. The first kappa shape index (κ1) is 16.5. The third-order valence-corrected chi connectivity index (χ3v) is 4.79. The largest absolute Gasteiger partial charge is 0.368 e. The molecule has 1 unspecified atom stereocenters. The van der Waals surface area contributed by atoms with Crippen LogP contribution in [0.5, 0.6) is 0 Å². The Morgan fingerprint density at radius 2 is 1.83 bits per heavy atom. The number of ether oxygens (including phenoxy) is 1. The molecule has 1 N–H and O–H groups in total. The molecule has 1 amide bonds. The normalized spacial score (nSPS) is 21.3. The van der Waals surface area contributed by atoms with Crippen molar-refractivity contribution in [3.8, 4) is 0 Å². The molecule has 0 spiro atoms. The fourth-order valence-corrected chi connectivity index (χ4v) is 3.27. The maximum Gasteiger partial charge on any atom is 0.251 e. The number of carbonyl (C=O) groups excluding carboxylic acids is 1. The third kappa shape index (κ3) is 4.13. The number of hydrogen-bond donors (Lipinski definition) is 1. The first-order chi connectivity index (χ1) is 11.1. The summed E-state index contributed by atoms with van der Waals surface area (Å²) in [4.78, 5) is 16.3. The minimum absolute atomic E-state index is 0.124. The highest BCUT2D eigenvalue weighted by Gasteiger charge is 2.30. The summed E-state index contributed by atoms with van der Waals surface area (Å²) in [5.74, 6) is 0.124. The van der Waals surface area contributed by atoms with Crippen molar-refractivity contribution in [2.24, 2.45) is 0 Å². The summed E-state index contributed by atoms with van der Waals surface area (Å²) in [7, 11) is 0. The van der Waals surface area contributed by atoms with E-state index < -0.39 is 0 Å². The van der Waals surface area contributed by atoms with E-state index in [2.05, 4.69) is 10.2 Å². The van der Waals surface area contributed by atoms with Crippen molar-refractivity contribution >= 4 is 40.5 Å². The van der Waals surface area contributed by atoms with E-state index in [-0.39, 0.29) is 12.0 Å². The van der Waals surface area contributed by atoms with Crippen molar-refractivity contribution in [2.75, 3.05) is 38.1 Å². The Kier molecular flexibility index (Phi) is 5.35. The number of nitrogens with one attached hydrogen (secondary N) is 1. The highest BCUT2D eigenvalue weighted by molar-refractivity contribution is 7.80. The Bertz CT molecular complexity index is 567. The van der Waals surface area contributed by atoms with E-state index in [1.54, 1.807) is 0 Å². The minimum atomic E-state index is -0.235. The number of carbonyl (C=O) groups is 1. The average Bonchev–Trinajstić information content (AvgIpc) is 3.11. The van der Waals surface area contributed by atoms with Crippen LogP contribution in [0.2, 0.25) is 5.02 Å². The number of thiocarbonyl (C=S) groups is 1. The molecule has 5 nitrogen and oxygen atoms in total. The zero-order chi connectivity index (χ0) is 16.2. The van der Waals surface area contributed by atoms with Gasteiger partial charge in [-0.15, -0.1) is 0 Å². The molecular formula is C16H20ClN3O2S. The van der Waals surface area contributed by atoms with Gasteiger partial charge in [0, 0.05) is 43.5 Å². The van der Waals surface area contributed by atoms with Crippen LogP contribution in [-0.4, -0.2) is 59.7 Å². The molecule has 0 saturated carbocycles. The van der Waals surface area contributed by atoms with E-state index in [0.717, 1.165) is 31.6 Å². The van der Waals surface area contributed by atoms with Crippen LogP contribution in [0.3, 0.4) is 0 Å². The molecule has 1 atom stereocenters. The number of rotatable bonds is 2. The number of hydrogen-bond acceptors (Lipinski definition) is 3. The van der Waals surface area contributed by atoms with Crippen LogP contribution < -0.4 is 5.32 Å². The second-order valence-corrected chi connectivity index (χ2v) is 6.57. The lowest BCUT2D eigenvalue weighted by Crippen LogP contribution is -2.53. The Morgan fingerprint density at radius 1 is 1.17 bits per heavy atom. The van der Waals surface area contributed by atoms with Gasteiger partial charge in [-0.05, 0) is 49.3 Å². The molecule has 2 heterocycles. The Morgan fingerprint density at radius 3 is 2.43 bits per heavy atom. The molecule has 3 rings (SSSR count). The van der Waals surface area contributed by atoms with E-state index in [9.17, 15) is 4.79 Å². The van der Waals surface area contributed by atoms with E-state index in [0.29, 0.717) is 29.8 Å². The predicted molar refractivity (Wildman–Crippen MR) is 94.8 cm³/mol. The molecule has 7 heteroatoms. The summed E-state index contributed by atoms with van der Waals surface area (Å²) < 4.78 is 5.48. The fraction of sp³-hybridized carbons (Fsp3) is 0.500. The van der Waals surface area contributed by atoms with Gasteiger partial charge in [-0.1, -0.05) is 11.6 Å². The third-order valence-electron chi connectivity index (χ3n) is 4.18. The van der Waals surface area contributed by atoms with Crippen LogP contribution in [0.25, 0.3) is 0 Å². The summed E-state index contributed by atoms with van der Waals surface area (Å²) in [6.45, 7) is 3.53. The van der Waals surface area contributed by atoms with E-state index >= 15 is 0 Å². The number of benzene rings is 1. The quantitative estimate of drug-likeness (QED) is 0.827. The van der Waals surface area contributed by atoms with E-state index in [1.807, 2.05) is 29.2 Å². The SMILES string of the molecule is O=C(C1CCCO1)N1CCN(C(=S)Nc2ccc(Cl)cc2)CC1. The van der Waals surface area contributed by atoms with Gasteiger partial charge in [0.2, 0.25) is 0 Å². The van der Waals surface area contributed by atoms with Crippen molar-refractivity contribution in [3.63, 3.8) is 0 Å². The van der Waals surface area contributed by atoms with E-state index in [1.165, 1.54) is 0 Å². The zero-order valence-corrected chi connectivity index (χ0v) is 14.4. The van der Waals surface area contributed by atoms with Crippen molar-refractivity contribution in [1.29, 1.82) is 0 Å². The molecule has 1 aromatic carbocycles. The topological polar surface area (TPSA) is 44.8 Å². The summed E-state index contributed by atoms with van der Waals surface area (Å²) in [6, 6.07) is 7.44. The fourth-order valence-electron chi connectivity index (χ4n) is 2.84. The average molecular weight is 354 g/mol. The molecule has 2 aliphatic rings. The van der Waals surface area contributed by atoms with E-state index in [4.69, 9.17) is 28.6 Å². The number of nitrogens with zero attached hydrogens (tertiary/aromatic N) is 2. The lowest BCUT2D eigenvalue weighted by atomic mass is 10.2. The number of amides is 1. The maximum atomic E-state index is 12.3. The Balaban J connectivity index is 1.49. The van der Waals surface area contributed by atoms with Gasteiger partial charge < -0.3 is 19.9 Å². The Hall–Kier alpha value is -1.37. The monoisotopic (exact) mass is 353 g/mol. The molecule has 0 aliphatic carbocycles. The molecule has 23 heavy (non-hydrogen) atoms. The second-order valence-electron chi connectivity index (χ2n) is 5.75. The molecule has 124 valence electrons. The summed E-state index contributed by atoms with van der Waals surface area (Å²) in [5, 5.41) is 4.58. The van der Waals surface area contributed by atoms with Crippen molar-refractivity contribution < 1.29 is 9.53 Å². The van der Waals surface area contributed by atoms with Gasteiger partial charge in [-0.2, -0.15) is 0 Å². The molecular weight excluding hydrogens is 334 g/mol. The highest BCUT2D eigenvalue weighted by atomic mass is 35.5. The summed E-state index contributed by atoms with van der Waals surface area (Å²) in [6.07, 6.45) is 1.59. The molecule has 2 saturated heterocycles. The standard InChI is InChI=1S/C16H20ClN3O2S/c17-12-3-5-13(6-4-12)18-16(23)20-9-7-19(8-10-20)15(21)14-2-1-11-22-14/h3-6,14H,1-2,7-11H2,(H,18,23). The smallest absolute Gasteiger partial charge is 0.251 e. The van der Waals surface area contributed by atoms with Crippen LogP contribution in [0, 0.1) is 0 Å². The Labute approximate surface area is 146 Å². The molecule has 1 aromatic rings. The van der Waals surface area contributed by atoms with Gasteiger partial charge in [0.1, 0.15) is 6.10 Å². The van der Waals surface area contributed by atoms with Gasteiger partial charge in [0.15, 0.2) is 5.11 Å². The molecule has 2 aliphatic heterocycles. The minimum Gasteiger partial charge on any atom is -0.368 e. The van der Waals surface area contributed by atoms with Gasteiger partial charge in [0.25, 0.3) is 5.91 Å². The first-order valence-electron chi connectivity index (χ1n) is 7.85. The molecule has 2 fully saturated rings. The van der Waals surface area contributed by atoms with Crippen LogP contribution in [-0.2, 0) is 9.53 Å². The number of piperazine rings is 1. The van der Waals surface area contributed by atoms with Crippen molar-refractivity contribution in [1.82, 2.24) is 9.80 Å². The molecule has 0 bridgehead atoms. The van der Waals surface area contributed by atoms with Gasteiger partial charge in [-0.25, -0.2) is 0 Å². The number of anilines is 1. The maximum absolute atomic E-state index is 12.3. The first-order valence-corrected chi connectivity index (χ1v) is 8.64. The van der Waals surface area contributed by atoms with Gasteiger partial charge >= 0.3 is 0 Å². The summed E-state index contributed by atoms with van der Waals surface area (Å²) in [5.41, 5.74) is 0.914. The molecule has 0 aromatic heterocycles. The van der Waals surface area contributed by atoms with Crippen LogP contribution in [0.1, 0.15) is 12.8 Å². The highest BCUT2D eigenvalue weighted by Crippen LogP contribution is 2.17. The predicted octanol–water partition coefficient (Wildman–Crippen LogP) is 2.36. The van der Waals surface area contributed by atoms with Crippen LogP contribution >= 0.6 is 23.8 Å². The number of halogens is 1. The van der Waals surface area contributed by atoms with Crippen LogP contribution in [0.15, 0.2) is 24.3 Å². The van der Waals surface area contributed by atoms with Crippen molar-refractivity contribution in [2.45, 2.75) is 18.9 Å². The van der Waals surface area contributed by atoms with Crippen molar-refractivity contribution in [3.05, 3.63) is 29.3 Å². The summed E-state index contributed by atoms with van der Waals surface area (Å²) >= 11 is 11.3.